The molecule has 1 rings (SSSR count). The summed E-state index contributed by atoms with van der Waals surface area (Å²) in [5, 5.41) is 12.1. The van der Waals surface area contributed by atoms with E-state index in [1.807, 2.05) is 67.8 Å². The van der Waals surface area contributed by atoms with E-state index in [0.29, 0.717) is 22.7 Å². The molecule has 21 heavy (non-hydrogen) atoms. The number of aliphatic hydroxyl groups is 1. The summed E-state index contributed by atoms with van der Waals surface area (Å²) in [5.41, 5.74) is 11.5. The third-order valence-corrected chi connectivity index (χ3v) is 5.69. The van der Waals surface area contributed by atoms with E-state index < -0.39 is 17.9 Å². The van der Waals surface area contributed by atoms with Crippen LogP contribution >= 0.6 is 67.8 Å². The highest BCUT2D eigenvalue weighted by Gasteiger charge is 2.25. The van der Waals surface area contributed by atoms with Crippen molar-refractivity contribution in [3.63, 3.8) is 0 Å². The fourth-order valence-corrected chi connectivity index (χ4v) is 6.12. The van der Waals surface area contributed by atoms with Crippen LogP contribution in [0.2, 0.25) is 0 Å². The topological polar surface area (TPSA) is 136 Å². The molecule has 0 aliphatic rings. The van der Waals surface area contributed by atoms with Crippen LogP contribution in [-0.2, 0) is 4.79 Å². The number of amides is 2. The third-order valence-electron chi connectivity index (χ3n) is 2.45. The van der Waals surface area contributed by atoms with Crippen molar-refractivity contribution in [2.45, 2.75) is 6.10 Å². The van der Waals surface area contributed by atoms with Crippen LogP contribution in [0.3, 0.4) is 0 Å². The first-order valence-corrected chi connectivity index (χ1v) is 8.63. The first-order valence-electron chi connectivity index (χ1n) is 5.39. The predicted molar refractivity (Wildman–Crippen MR) is 102 cm³/mol. The van der Waals surface area contributed by atoms with Gasteiger partial charge in [0.05, 0.1) is 24.0 Å². The smallest absolute Gasteiger partial charge is 0.250 e. The number of rotatable bonds is 6. The molecule has 0 saturated heterocycles. The number of aldehydes is 1. The maximum absolute atomic E-state index is 11.6. The van der Waals surface area contributed by atoms with Gasteiger partial charge in [0.2, 0.25) is 0 Å². The van der Waals surface area contributed by atoms with E-state index in [0.717, 1.165) is 0 Å². The maximum atomic E-state index is 11.6. The molecule has 0 spiro atoms. The van der Waals surface area contributed by atoms with Crippen LogP contribution in [0.4, 0.5) is 5.69 Å². The molecule has 1 unspecified atom stereocenters. The van der Waals surface area contributed by atoms with Crippen LogP contribution in [0.15, 0.2) is 0 Å². The Hall–Kier alpha value is -0.220. The second kappa shape index (κ2) is 7.87. The van der Waals surface area contributed by atoms with Crippen molar-refractivity contribution in [2.75, 3.05) is 11.9 Å². The zero-order valence-electron chi connectivity index (χ0n) is 10.3. The summed E-state index contributed by atoms with van der Waals surface area (Å²) in [4.78, 5) is 33.7. The number of nitrogens with one attached hydrogen (secondary N) is 1. The SMILES string of the molecule is NC(=O)c1c(I)c(NCC(O)C=O)c(I)c(C(N)=O)c1I. The van der Waals surface area contributed by atoms with E-state index in [2.05, 4.69) is 5.32 Å². The quantitative estimate of drug-likeness (QED) is 0.271. The van der Waals surface area contributed by atoms with Crippen LogP contribution in [0.1, 0.15) is 20.7 Å². The molecule has 114 valence electrons. The van der Waals surface area contributed by atoms with Crippen molar-refractivity contribution in [2.24, 2.45) is 11.5 Å². The minimum absolute atomic E-state index is 0.0630. The van der Waals surface area contributed by atoms with E-state index in [4.69, 9.17) is 11.5 Å². The molecule has 0 heterocycles. The Bertz CT molecular complexity index is 580. The summed E-state index contributed by atoms with van der Waals surface area (Å²) in [5.74, 6) is -1.39. The number of carbonyl (C=O) groups excluding carboxylic acids is 3. The van der Waals surface area contributed by atoms with Crippen molar-refractivity contribution in [1.82, 2.24) is 0 Å². The van der Waals surface area contributed by atoms with Gasteiger partial charge in [-0.3, -0.25) is 9.59 Å². The predicted octanol–water partition coefficient (Wildman–Crippen LogP) is 0.670. The molecule has 0 aromatic heterocycles. The van der Waals surface area contributed by atoms with Gasteiger partial charge in [0.15, 0.2) is 0 Å². The van der Waals surface area contributed by atoms with Gasteiger partial charge in [-0.25, -0.2) is 0 Å². The second-order valence-corrected chi connectivity index (χ2v) is 7.12. The van der Waals surface area contributed by atoms with Crippen LogP contribution in [0.25, 0.3) is 0 Å². The van der Waals surface area contributed by atoms with Gasteiger partial charge < -0.3 is 26.7 Å². The lowest BCUT2D eigenvalue weighted by Crippen LogP contribution is -2.26. The molecular formula is C11H10I3N3O4. The number of benzene rings is 1. The number of hydrogen-bond donors (Lipinski definition) is 4. The maximum Gasteiger partial charge on any atom is 0.250 e. The second-order valence-electron chi connectivity index (χ2n) is 3.88. The van der Waals surface area contributed by atoms with Crippen molar-refractivity contribution >= 4 is 91.6 Å². The van der Waals surface area contributed by atoms with Crippen molar-refractivity contribution in [3.8, 4) is 0 Å². The Labute approximate surface area is 161 Å². The summed E-state index contributed by atoms with van der Waals surface area (Å²) < 4.78 is 1.37. The zero-order valence-corrected chi connectivity index (χ0v) is 16.8. The van der Waals surface area contributed by atoms with Crippen LogP contribution < -0.4 is 16.8 Å². The number of halogens is 3. The van der Waals surface area contributed by atoms with Gasteiger partial charge in [0.1, 0.15) is 12.4 Å². The van der Waals surface area contributed by atoms with Gasteiger partial charge in [-0.15, -0.1) is 0 Å². The van der Waals surface area contributed by atoms with Crippen molar-refractivity contribution < 1.29 is 19.5 Å². The van der Waals surface area contributed by atoms with Gasteiger partial charge >= 0.3 is 0 Å². The molecule has 10 heteroatoms. The normalized spacial score (nSPS) is 11.8. The van der Waals surface area contributed by atoms with Gasteiger partial charge in [-0.05, 0) is 67.8 Å². The molecule has 0 bridgehead atoms. The van der Waals surface area contributed by atoms with E-state index in [1.54, 1.807) is 0 Å². The molecule has 2 amide bonds. The lowest BCUT2D eigenvalue weighted by Gasteiger charge is -2.18. The molecular weight excluding hydrogens is 619 g/mol. The molecule has 0 aliphatic heterocycles. The molecule has 1 atom stereocenters. The highest BCUT2D eigenvalue weighted by atomic mass is 127. The first-order chi connectivity index (χ1) is 9.72. The minimum atomic E-state index is -1.20. The minimum Gasteiger partial charge on any atom is -0.384 e. The Morgan fingerprint density at radius 2 is 1.52 bits per heavy atom. The van der Waals surface area contributed by atoms with E-state index >= 15 is 0 Å². The number of primary amides is 2. The Balaban J connectivity index is 3.52. The lowest BCUT2D eigenvalue weighted by molar-refractivity contribution is -0.114. The number of anilines is 1. The molecule has 0 fully saturated rings. The van der Waals surface area contributed by atoms with E-state index in [-0.39, 0.29) is 17.7 Å². The Kier molecular flexibility index (Phi) is 7.05. The monoisotopic (exact) mass is 629 g/mol. The molecule has 1 aromatic carbocycles. The number of aliphatic hydroxyl groups excluding tert-OH is 1. The third kappa shape index (κ3) is 4.16. The average molecular weight is 629 g/mol. The van der Waals surface area contributed by atoms with Crippen molar-refractivity contribution in [3.05, 3.63) is 21.8 Å². The standard InChI is InChI=1S/C11H10I3N3O4/c12-6-4(10(15)20)7(13)9(17-1-3(19)2-18)8(14)5(6)11(16)21/h2-3,17,19H,1H2,(H2,15,20)(H2,16,21). The van der Waals surface area contributed by atoms with Crippen LogP contribution in [-0.4, -0.2) is 35.9 Å². The van der Waals surface area contributed by atoms with Gasteiger partial charge in [-0.1, -0.05) is 0 Å². The van der Waals surface area contributed by atoms with Gasteiger partial charge in [-0.2, -0.15) is 0 Å². The summed E-state index contributed by atoms with van der Waals surface area (Å²) in [6, 6.07) is 0. The molecule has 0 aliphatic carbocycles. The molecule has 6 N–H and O–H groups in total. The number of nitrogens with two attached hydrogens (primary N) is 2. The highest BCUT2D eigenvalue weighted by Crippen LogP contribution is 2.35. The van der Waals surface area contributed by atoms with E-state index in [1.165, 1.54) is 0 Å². The first kappa shape index (κ1) is 18.8. The summed E-state index contributed by atoms with van der Waals surface area (Å²) >= 11 is 5.67. The van der Waals surface area contributed by atoms with Crippen molar-refractivity contribution in [1.29, 1.82) is 0 Å². The Morgan fingerprint density at radius 3 is 1.86 bits per heavy atom. The molecule has 7 nitrogen and oxygen atoms in total. The summed E-state index contributed by atoms with van der Waals surface area (Å²) in [7, 11) is 0. The number of carbonyl (C=O) groups is 3. The average Bonchev–Trinajstić information content (AvgIpc) is 2.36. The summed E-state index contributed by atoms with van der Waals surface area (Å²) in [6.07, 6.45) is -0.825. The summed E-state index contributed by atoms with van der Waals surface area (Å²) in [6.45, 7) is -0.0630. The van der Waals surface area contributed by atoms with Crippen LogP contribution in [0.5, 0.6) is 0 Å². The largest absolute Gasteiger partial charge is 0.384 e. The van der Waals surface area contributed by atoms with E-state index in [9.17, 15) is 19.5 Å². The lowest BCUT2D eigenvalue weighted by atomic mass is 10.1. The Morgan fingerprint density at radius 1 is 1.10 bits per heavy atom. The molecule has 1 aromatic rings. The fourth-order valence-electron chi connectivity index (χ4n) is 1.51. The fraction of sp³-hybridized carbons (Fsp3) is 0.182. The van der Waals surface area contributed by atoms with Gasteiger partial charge in [0, 0.05) is 10.1 Å². The highest BCUT2D eigenvalue weighted by molar-refractivity contribution is 14.1. The number of hydrogen-bond acceptors (Lipinski definition) is 5. The zero-order chi connectivity index (χ0) is 16.3. The van der Waals surface area contributed by atoms with Gasteiger partial charge in [0.25, 0.3) is 11.8 Å². The molecule has 0 radical (unpaired) electrons. The molecule has 0 saturated carbocycles. The van der Waals surface area contributed by atoms with Crippen LogP contribution in [0, 0.1) is 10.7 Å².